The highest BCUT2D eigenvalue weighted by Crippen LogP contribution is 2.50. The van der Waals surface area contributed by atoms with Gasteiger partial charge >= 0.3 is 35.2 Å². The first kappa shape index (κ1) is 86.4. The van der Waals surface area contributed by atoms with Crippen molar-refractivity contribution in [1.82, 2.24) is 0 Å². The maximum Gasteiger partial charge on any atom is 0.417 e. The number of amides is 3. The molecule has 0 bridgehead atoms. The molecule has 0 radical (unpaired) electrons. The van der Waals surface area contributed by atoms with Crippen molar-refractivity contribution >= 4 is 150 Å². The molecule has 11 aromatic carbocycles. The molecule has 22 nitrogen and oxygen atoms in total. The van der Waals surface area contributed by atoms with E-state index in [4.69, 9.17) is 33.6 Å². The van der Waals surface area contributed by atoms with Gasteiger partial charge in [-0.3, -0.25) is 24.0 Å². The highest BCUT2D eigenvalue weighted by atomic mass is 33.1. The second-order valence-electron chi connectivity index (χ2n) is 27.7. The number of hydrogen-bond donors (Lipinski definition) is 8. The van der Waals surface area contributed by atoms with Gasteiger partial charge in [0, 0.05) is 140 Å². The number of alkyl halides is 6. The van der Waals surface area contributed by atoms with Gasteiger partial charge in [-0.25, -0.2) is 19.2 Å². The average molecular weight is 1780 g/mol. The normalized spacial score (nSPS) is 11.3. The van der Waals surface area contributed by atoms with E-state index >= 15 is 0 Å². The molecule has 0 saturated carbocycles. The fourth-order valence-electron chi connectivity index (χ4n) is 13.4. The van der Waals surface area contributed by atoms with Crippen molar-refractivity contribution in [3.63, 3.8) is 0 Å². The van der Waals surface area contributed by atoms with Crippen LogP contribution in [-0.2, 0) is 12.4 Å². The molecule has 14 aromatic rings. The molecule has 127 heavy (non-hydrogen) atoms. The second kappa shape index (κ2) is 36.9. The number of phenolic OH excluding ortho intramolecular Hbond substituents is 2. The number of benzene rings is 13. The van der Waals surface area contributed by atoms with Crippen LogP contribution in [0.4, 0.5) is 54.8 Å². The lowest BCUT2D eigenvalue weighted by atomic mass is 9.90. The van der Waals surface area contributed by atoms with Gasteiger partial charge in [-0.15, -0.1) is 0 Å². The molecule has 3 amide bonds. The van der Waals surface area contributed by atoms with Gasteiger partial charge in [-0.1, -0.05) is 104 Å². The minimum absolute atomic E-state index is 0.0141. The van der Waals surface area contributed by atoms with E-state index in [1.54, 1.807) is 158 Å². The van der Waals surface area contributed by atoms with Crippen LogP contribution in [0.5, 0.6) is 11.5 Å². The Morgan fingerprint density at radius 2 is 0.646 bits per heavy atom. The van der Waals surface area contributed by atoms with Gasteiger partial charge in [0.25, 0.3) is 17.7 Å². The van der Waals surface area contributed by atoms with Crippen molar-refractivity contribution in [2.45, 2.75) is 31.9 Å². The molecule has 0 spiro atoms. The van der Waals surface area contributed by atoms with E-state index in [0.29, 0.717) is 86.2 Å². The monoisotopic (exact) mass is 1780 g/mol. The van der Waals surface area contributed by atoms with Crippen molar-refractivity contribution in [2.75, 3.05) is 27.4 Å². The van der Waals surface area contributed by atoms with Crippen LogP contribution < -0.4 is 55.2 Å². The third-order valence-electron chi connectivity index (χ3n) is 19.2. The molecule has 0 atom stereocenters. The number of carbonyl (C=O) groups is 4. The van der Waals surface area contributed by atoms with Gasteiger partial charge in [0.1, 0.15) is 50.9 Å². The Labute approximate surface area is 726 Å². The molecule has 0 saturated heterocycles. The second-order valence-corrected chi connectivity index (χ2v) is 32.2. The molecule has 5 heterocycles. The lowest BCUT2D eigenvalue weighted by molar-refractivity contribution is -0.137. The fraction of sp³-hybridized carbons (Fsp3) is 0.0211. The summed E-state index contributed by atoms with van der Waals surface area (Å²) in [5, 5.41) is 40.3. The predicted octanol–water partition coefficient (Wildman–Crippen LogP) is 22.5. The SMILES string of the molecule is Nc1ccc(-c2c3ccc(=O)cc-3oc3cc(O)ccc23)c(C(F)(F)F)c1.Nc1ccc2oc(=O)ccc2c1.O=C(Nc1ccc(-c2c3ccc(=O)cc-3oc3cc(O)ccc23)c(C(F)(F)F)c1)c1ccccc1SSc1ccccc1C(=O)Nc1ccc2oc(=O)ccc2c1.O=C(O)c1ccccc1SSc1ccccc1C(=O)Nc1ccc2oc(=O)ccc2c1. The number of aromatic carboxylic acids is 1. The third-order valence-corrected chi connectivity index (χ3v) is 24.1. The molecular formula is C95H59F6N5O17S4. The topological polar surface area (TPSA) is 368 Å². The van der Waals surface area contributed by atoms with E-state index in [1.165, 1.54) is 158 Å². The lowest BCUT2D eigenvalue weighted by Gasteiger charge is -2.20. The first-order chi connectivity index (χ1) is 60.9. The van der Waals surface area contributed by atoms with Crippen LogP contribution >= 0.6 is 43.2 Å². The summed E-state index contributed by atoms with van der Waals surface area (Å²) in [7, 11) is 5.02. The average Bonchev–Trinajstić information content (AvgIpc) is 0.745. The standard InChI is InChI=1S/C43H25F3N2O7S2.C23H15NO5S2.C20H12F3NO3.C9H7NO2/c44-43(45,46)33-20-25(10-14-28(33)40-29-15-12-26(49)21-35(29)54-36-22-27(50)13-16-30(36)40)48-42(53)32-6-2-4-8-38(32)57-56-37-7-3-1-5-31(37)41(52)47-24-11-17-34-23(19-24)9-18-39(51)55-34;25-21-12-9-14-13-15(10-11-18(14)29-21)24-22(26)16-5-1-3-7-19(16)30-31-20-8-4-2-6-17(20)23(27)28;21-20(22,23)16-7-10(24)1-4-13(16)19-14-5-2-11(25)8-17(14)27-18-9-12(26)3-6-15(18)19;10-7-2-3-8-6(5-7)1-4-9(11)12-8/h1-22,49H,(H,47,52)(H,48,53);1-13H,(H,24,26)(H,27,28);1-9,25H,24H2;1-5H,10H2. The van der Waals surface area contributed by atoms with Gasteiger partial charge in [-0.2, -0.15) is 26.3 Å². The van der Waals surface area contributed by atoms with Gasteiger partial charge in [-0.05, 0) is 205 Å². The van der Waals surface area contributed by atoms with Gasteiger partial charge in [0.2, 0.25) is 0 Å². The minimum Gasteiger partial charge on any atom is -0.508 e. The molecule has 10 N–H and O–H groups in total. The van der Waals surface area contributed by atoms with Crippen LogP contribution in [0.3, 0.4) is 0 Å². The van der Waals surface area contributed by atoms with Crippen LogP contribution in [0.25, 0.3) is 99.7 Å². The number of nitrogens with two attached hydrogens (primary N) is 2. The molecule has 18 rings (SSSR count). The van der Waals surface area contributed by atoms with E-state index < -0.39 is 57.9 Å². The van der Waals surface area contributed by atoms with Crippen LogP contribution in [0.15, 0.2) is 363 Å². The van der Waals surface area contributed by atoms with Crippen LogP contribution in [-0.4, -0.2) is 39.0 Å². The number of aromatic hydroxyl groups is 2. The molecule has 0 unspecified atom stereocenters. The zero-order valence-corrected chi connectivity index (χ0v) is 68.2. The first-order valence-electron chi connectivity index (χ1n) is 37.6. The van der Waals surface area contributed by atoms with Crippen LogP contribution in [0.2, 0.25) is 0 Å². The highest BCUT2D eigenvalue weighted by molar-refractivity contribution is 8.77. The van der Waals surface area contributed by atoms with Gasteiger partial charge in [0.05, 0.1) is 33.4 Å². The summed E-state index contributed by atoms with van der Waals surface area (Å²) in [6, 6.07) is 74.1. The van der Waals surface area contributed by atoms with Crippen molar-refractivity contribution in [2.24, 2.45) is 0 Å². The van der Waals surface area contributed by atoms with E-state index in [2.05, 4.69) is 16.0 Å². The maximum absolute atomic E-state index is 14.8. The number of phenols is 2. The number of halogens is 6. The van der Waals surface area contributed by atoms with Crippen molar-refractivity contribution < 1.29 is 82.9 Å². The number of nitrogen functional groups attached to an aromatic ring is 2. The number of rotatable bonds is 15. The Hall–Kier alpha value is -15.5. The Balaban J connectivity index is 0.000000148. The molecule has 2 aliphatic heterocycles. The Morgan fingerprint density at radius 3 is 1.06 bits per heavy atom. The van der Waals surface area contributed by atoms with E-state index in [0.717, 1.165) is 17.5 Å². The Bertz CT molecular complexity index is 7650. The number of nitrogens with one attached hydrogen (secondary N) is 3. The number of fused-ring (bicyclic) bond motifs is 7. The predicted molar refractivity (Wildman–Crippen MR) is 479 cm³/mol. The summed E-state index contributed by atoms with van der Waals surface area (Å²) in [5.41, 5.74) is 12.3. The number of carboxylic acid groups (broad SMARTS) is 1. The summed E-state index contributed by atoms with van der Waals surface area (Å²) in [5.74, 6) is -2.47. The molecule has 2 aliphatic carbocycles. The highest BCUT2D eigenvalue weighted by Gasteiger charge is 2.38. The fourth-order valence-corrected chi connectivity index (χ4v) is 18.2. The molecule has 632 valence electrons. The summed E-state index contributed by atoms with van der Waals surface area (Å²) in [4.78, 5) is 111. The summed E-state index contributed by atoms with van der Waals surface area (Å²) >= 11 is 0. The summed E-state index contributed by atoms with van der Waals surface area (Å²) in [6.45, 7) is 0. The molecule has 4 aliphatic rings. The summed E-state index contributed by atoms with van der Waals surface area (Å²) < 4.78 is 112. The number of hydrogen-bond acceptors (Lipinski definition) is 22. The van der Waals surface area contributed by atoms with Crippen LogP contribution in [0.1, 0.15) is 52.6 Å². The van der Waals surface area contributed by atoms with Crippen molar-refractivity contribution in [3.05, 3.63) is 382 Å². The lowest BCUT2D eigenvalue weighted by Crippen LogP contribution is -2.15. The van der Waals surface area contributed by atoms with Crippen LogP contribution in [0, 0.1) is 0 Å². The maximum atomic E-state index is 14.8. The summed E-state index contributed by atoms with van der Waals surface area (Å²) in [6.07, 6.45) is -9.50. The zero-order valence-electron chi connectivity index (χ0n) is 64.9. The van der Waals surface area contributed by atoms with E-state index in [9.17, 15) is 84.8 Å². The van der Waals surface area contributed by atoms with Gasteiger partial charge < -0.3 is 64.8 Å². The number of carbonyl (C=O) groups excluding carboxylic acids is 3. The first-order valence-corrected chi connectivity index (χ1v) is 41.9. The number of anilines is 5. The van der Waals surface area contributed by atoms with Gasteiger partial charge in [0.15, 0.2) is 10.9 Å². The molecule has 32 heteroatoms. The van der Waals surface area contributed by atoms with E-state index in [-0.39, 0.29) is 107 Å². The molecule has 0 fully saturated rings. The largest absolute Gasteiger partial charge is 0.508 e. The number of carboxylic acids is 1. The Morgan fingerprint density at radius 1 is 0.315 bits per heavy atom. The van der Waals surface area contributed by atoms with Crippen molar-refractivity contribution in [1.29, 1.82) is 0 Å². The quantitative estimate of drug-likeness (QED) is 0.0155. The smallest absolute Gasteiger partial charge is 0.417 e. The third kappa shape index (κ3) is 20.1. The van der Waals surface area contributed by atoms with Crippen molar-refractivity contribution in [3.8, 4) is 56.4 Å². The molecule has 3 aromatic heterocycles. The minimum atomic E-state index is -4.87. The van der Waals surface area contributed by atoms with E-state index in [1.807, 2.05) is 12.1 Å². The Kier molecular flexibility index (Phi) is 25.1. The zero-order chi connectivity index (χ0) is 89.5. The molecular weight excluding hydrogens is 1730 g/mol.